The number of nitro benzene ring substituents is 1. The Morgan fingerprint density at radius 3 is 2.50 bits per heavy atom. The van der Waals surface area contributed by atoms with E-state index < -0.39 is 4.92 Å². The maximum absolute atomic E-state index is 13.4. The maximum atomic E-state index is 13.4. The summed E-state index contributed by atoms with van der Waals surface area (Å²) in [4.78, 5) is 30.4. The molecule has 1 saturated carbocycles. The SMILES string of the molecule is CC[C@H](C)[C@@H](CN(Cc1ccccc1)C(=S)NC1CCCCC1)NC(=O)Cc1cncn1Cc1ccc([N+](=O)[O-])cc1. The molecule has 0 radical (unpaired) electrons. The first-order valence-electron chi connectivity index (χ1n) is 14.9. The van der Waals surface area contributed by atoms with Gasteiger partial charge in [0.2, 0.25) is 5.91 Å². The lowest BCUT2D eigenvalue weighted by Crippen LogP contribution is -2.52. The van der Waals surface area contributed by atoms with Crippen LogP contribution >= 0.6 is 12.2 Å². The van der Waals surface area contributed by atoms with Crippen LogP contribution in [0.4, 0.5) is 5.69 Å². The second kappa shape index (κ2) is 15.4. The van der Waals surface area contributed by atoms with Gasteiger partial charge in [-0.25, -0.2) is 4.98 Å². The number of benzene rings is 2. The molecular formula is C32H42N6O3S. The van der Waals surface area contributed by atoms with Crippen molar-refractivity contribution in [2.24, 2.45) is 5.92 Å². The quantitative estimate of drug-likeness (QED) is 0.151. The van der Waals surface area contributed by atoms with E-state index in [1.165, 1.54) is 37.0 Å². The Balaban J connectivity index is 1.43. The van der Waals surface area contributed by atoms with Gasteiger partial charge >= 0.3 is 0 Å². The van der Waals surface area contributed by atoms with Crippen molar-refractivity contribution >= 4 is 28.9 Å². The second-order valence-electron chi connectivity index (χ2n) is 11.3. The average molecular weight is 591 g/mol. The van der Waals surface area contributed by atoms with Gasteiger partial charge in [-0.05, 0) is 42.1 Å². The van der Waals surface area contributed by atoms with Crippen LogP contribution in [0.2, 0.25) is 0 Å². The first-order valence-corrected chi connectivity index (χ1v) is 15.3. The molecule has 1 aliphatic carbocycles. The van der Waals surface area contributed by atoms with E-state index in [0.717, 1.165) is 35.6 Å². The Bertz CT molecular complexity index is 1310. The molecule has 1 heterocycles. The van der Waals surface area contributed by atoms with Crippen molar-refractivity contribution in [2.45, 2.75) is 84.0 Å². The average Bonchev–Trinajstić information content (AvgIpc) is 3.43. The van der Waals surface area contributed by atoms with E-state index in [9.17, 15) is 14.9 Å². The number of nitrogens with zero attached hydrogens (tertiary/aromatic N) is 4. The molecule has 0 spiro atoms. The summed E-state index contributed by atoms with van der Waals surface area (Å²) in [6.07, 6.45) is 10.5. The Morgan fingerprint density at radius 2 is 1.83 bits per heavy atom. The lowest BCUT2D eigenvalue weighted by Gasteiger charge is -2.35. The van der Waals surface area contributed by atoms with Gasteiger partial charge in [-0.15, -0.1) is 0 Å². The Hall–Kier alpha value is -3.79. The summed E-state index contributed by atoms with van der Waals surface area (Å²) < 4.78 is 1.91. The highest BCUT2D eigenvalue weighted by Crippen LogP contribution is 2.19. The molecule has 0 unspecified atom stereocenters. The number of nitrogens with one attached hydrogen (secondary N) is 2. The molecule has 0 aliphatic heterocycles. The minimum Gasteiger partial charge on any atom is -0.360 e. The van der Waals surface area contributed by atoms with Crippen molar-refractivity contribution in [1.29, 1.82) is 0 Å². The zero-order valence-corrected chi connectivity index (χ0v) is 25.4. The molecule has 2 aromatic carbocycles. The Labute approximate surface area is 253 Å². The van der Waals surface area contributed by atoms with Gasteiger partial charge in [-0.1, -0.05) is 82.0 Å². The molecule has 1 aromatic heterocycles. The highest BCUT2D eigenvalue weighted by atomic mass is 32.1. The predicted molar refractivity (Wildman–Crippen MR) is 169 cm³/mol. The van der Waals surface area contributed by atoms with Crippen LogP contribution in [0.25, 0.3) is 0 Å². The predicted octanol–water partition coefficient (Wildman–Crippen LogP) is 5.62. The second-order valence-corrected chi connectivity index (χ2v) is 11.7. The zero-order chi connectivity index (χ0) is 29.9. The van der Waals surface area contributed by atoms with Gasteiger partial charge in [0.15, 0.2) is 5.11 Å². The van der Waals surface area contributed by atoms with Crippen LogP contribution in [0.1, 0.15) is 69.2 Å². The fourth-order valence-corrected chi connectivity index (χ4v) is 5.71. The van der Waals surface area contributed by atoms with Crippen molar-refractivity contribution in [3.63, 3.8) is 0 Å². The molecule has 0 saturated heterocycles. The number of amides is 1. The molecule has 1 aliphatic rings. The van der Waals surface area contributed by atoms with Gasteiger partial charge < -0.3 is 20.1 Å². The molecule has 0 bridgehead atoms. The van der Waals surface area contributed by atoms with E-state index >= 15 is 0 Å². The number of hydrogen-bond acceptors (Lipinski definition) is 5. The van der Waals surface area contributed by atoms with Crippen LogP contribution in [-0.2, 0) is 24.3 Å². The first kappa shape index (κ1) is 31.2. The number of carbonyl (C=O) groups is 1. The summed E-state index contributed by atoms with van der Waals surface area (Å²) in [5.74, 6) is 0.172. The number of thiocarbonyl (C=S) groups is 1. The molecule has 9 nitrogen and oxygen atoms in total. The summed E-state index contributed by atoms with van der Waals surface area (Å²) in [7, 11) is 0. The third-order valence-corrected chi connectivity index (χ3v) is 8.55. The van der Waals surface area contributed by atoms with Gasteiger partial charge in [-0.3, -0.25) is 14.9 Å². The lowest BCUT2D eigenvalue weighted by molar-refractivity contribution is -0.384. The van der Waals surface area contributed by atoms with Crippen LogP contribution in [0.3, 0.4) is 0 Å². The van der Waals surface area contributed by atoms with E-state index in [0.29, 0.717) is 25.7 Å². The van der Waals surface area contributed by atoms with Crippen LogP contribution < -0.4 is 10.6 Å². The number of carbonyl (C=O) groups excluding carboxylic acids is 1. The van der Waals surface area contributed by atoms with E-state index in [-0.39, 0.29) is 30.0 Å². The number of rotatable bonds is 13. The van der Waals surface area contributed by atoms with E-state index in [2.05, 4.69) is 46.5 Å². The summed E-state index contributed by atoms with van der Waals surface area (Å²) in [6.45, 7) is 6.06. The number of non-ortho nitro benzene ring substituents is 1. The van der Waals surface area contributed by atoms with Gasteiger partial charge in [0.05, 0.1) is 17.7 Å². The van der Waals surface area contributed by atoms with Crippen molar-refractivity contribution in [3.8, 4) is 0 Å². The van der Waals surface area contributed by atoms with Gasteiger partial charge in [0.25, 0.3) is 5.69 Å². The molecule has 10 heteroatoms. The number of hydrogen-bond donors (Lipinski definition) is 2. The third kappa shape index (κ3) is 9.11. The summed E-state index contributed by atoms with van der Waals surface area (Å²) in [5.41, 5.74) is 2.90. The van der Waals surface area contributed by atoms with Crippen molar-refractivity contribution in [3.05, 3.63) is 94.1 Å². The zero-order valence-electron chi connectivity index (χ0n) is 24.6. The minimum absolute atomic E-state index is 0.0507. The molecule has 1 fully saturated rings. The van der Waals surface area contributed by atoms with Crippen molar-refractivity contribution in [1.82, 2.24) is 25.1 Å². The molecule has 224 valence electrons. The molecule has 4 rings (SSSR count). The fraction of sp³-hybridized carbons (Fsp3) is 0.469. The maximum Gasteiger partial charge on any atom is 0.269 e. The van der Waals surface area contributed by atoms with Crippen LogP contribution in [0, 0.1) is 16.0 Å². The summed E-state index contributed by atoms with van der Waals surface area (Å²) in [6, 6.07) is 17.1. The molecule has 2 atom stereocenters. The smallest absolute Gasteiger partial charge is 0.269 e. The van der Waals surface area contributed by atoms with E-state index in [4.69, 9.17) is 12.2 Å². The Morgan fingerprint density at radius 1 is 1.12 bits per heavy atom. The number of nitro groups is 1. The largest absolute Gasteiger partial charge is 0.360 e. The summed E-state index contributed by atoms with van der Waals surface area (Å²) in [5, 5.41) is 18.7. The molecule has 1 amide bonds. The van der Waals surface area contributed by atoms with Crippen LogP contribution in [0.15, 0.2) is 67.1 Å². The van der Waals surface area contributed by atoms with Crippen LogP contribution in [-0.4, -0.2) is 49.0 Å². The minimum atomic E-state index is -0.412. The highest BCUT2D eigenvalue weighted by molar-refractivity contribution is 7.80. The lowest BCUT2D eigenvalue weighted by atomic mass is 9.95. The van der Waals surface area contributed by atoms with E-state index in [1.807, 2.05) is 22.8 Å². The number of aromatic nitrogens is 2. The number of imidazole rings is 1. The fourth-order valence-electron chi connectivity index (χ4n) is 5.41. The van der Waals surface area contributed by atoms with Gasteiger partial charge in [0.1, 0.15) is 0 Å². The molecule has 2 N–H and O–H groups in total. The van der Waals surface area contributed by atoms with Gasteiger partial charge in [0, 0.05) is 55.7 Å². The monoisotopic (exact) mass is 590 g/mol. The van der Waals surface area contributed by atoms with Crippen LogP contribution in [0.5, 0.6) is 0 Å². The molecular weight excluding hydrogens is 548 g/mol. The normalized spacial score (nSPS) is 15.0. The first-order chi connectivity index (χ1) is 20.3. The standard InChI is InChI=1S/C32H42N6O3S/c1-3-24(2)30(22-36(20-25-10-6-4-7-11-25)32(42)34-27-12-8-5-9-13-27)35-31(39)18-29-19-33-23-37(29)21-26-14-16-28(17-15-26)38(40)41/h4,6-7,10-11,14-17,19,23-24,27,30H,3,5,8-9,12-13,18,20-22H2,1-2H3,(H,34,42)(H,35,39)/t24-,30+/m0/s1. The van der Waals surface area contributed by atoms with Gasteiger partial charge in [-0.2, -0.15) is 0 Å². The summed E-state index contributed by atoms with van der Waals surface area (Å²) >= 11 is 5.96. The molecule has 42 heavy (non-hydrogen) atoms. The third-order valence-electron chi connectivity index (χ3n) is 8.17. The topological polar surface area (TPSA) is 105 Å². The van der Waals surface area contributed by atoms with Crippen molar-refractivity contribution < 1.29 is 9.72 Å². The Kier molecular flexibility index (Phi) is 11.5. The molecule has 3 aromatic rings. The highest BCUT2D eigenvalue weighted by Gasteiger charge is 2.25. The van der Waals surface area contributed by atoms with Crippen molar-refractivity contribution in [2.75, 3.05) is 6.54 Å². The van der Waals surface area contributed by atoms with E-state index in [1.54, 1.807) is 24.7 Å².